The molecule has 0 aromatic carbocycles. The molecule has 0 aliphatic rings. The third-order valence-corrected chi connectivity index (χ3v) is 2.41. The second-order valence-electron chi connectivity index (χ2n) is 2.81. The van der Waals surface area contributed by atoms with Crippen LogP contribution in [0.25, 0.3) is 0 Å². The molecule has 0 heterocycles. The summed E-state index contributed by atoms with van der Waals surface area (Å²) in [4.78, 5) is 10.1. The Bertz CT molecular complexity index is 133. The average Bonchev–Trinajstić information content (AvgIpc) is 1.98. The first kappa shape index (κ1) is 16.2. The number of hydrogen-bond acceptors (Lipinski definition) is 3. The minimum absolute atomic E-state index is 0. The summed E-state index contributed by atoms with van der Waals surface area (Å²) >= 11 is 8.43. The van der Waals surface area contributed by atoms with E-state index in [4.69, 9.17) is 5.11 Å². The third kappa shape index (κ3) is 12.8. The van der Waals surface area contributed by atoms with Gasteiger partial charge in [-0.05, 0) is 25.0 Å². The number of carboxylic acids is 1. The molecule has 0 aliphatic carbocycles. The molecule has 1 unspecified atom stereocenters. The van der Waals surface area contributed by atoms with Crippen molar-refractivity contribution in [1.29, 1.82) is 0 Å². The van der Waals surface area contributed by atoms with Crippen molar-refractivity contribution in [1.82, 2.24) is 0 Å². The molecule has 1 N–H and O–H groups in total. The zero-order chi connectivity index (χ0) is 9.40. The number of thiol groups is 2. The van der Waals surface area contributed by atoms with E-state index in [1.54, 1.807) is 0 Å². The molecule has 1 atom stereocenters. The Labute approximate surface area is 103 Å². The molecule has 5 heteroatoms. The predicted octanol–water partition coefficient (Wildman–Crippen LogP) is 2.25. The van der Waals surface area contributed by atoms with E-state index < -0.39 is 5.97 Å². The minimum atomic E-state index is -0.708. The van der Waals surface area contributed by atoms with Crippen molar-refractivity contribution in [2.75, 3.05) is 5.75 Å². The maximum absolute atomic E-state index is 10.1. The van der Waals surface area contributed by atoms with Crippen molar-refractivity contribution in [3.63, 3.8) is 0 Å². The molecule has 0 aromatic rings. The van der Waals surface area contributed by atoms with Crippen molar-refractivity contribution < 1.29 is 29.4 Å². The topological polar surface area (TPSA) is 37.3 Å². The first-order chi connectivity index (χ1) is 5.66. The summed E-state index contributed by atoms with van der Waals surface area (Å²) in [5.74, 6) is 0.146. The molecule has 0 saturated carbocycles. The second kappa shape index (κ2) is 10.9. The minimum Gasteiger partial charge on any atom is -0.481 e. The number of aliphatic carboxylic acids is 1. The van der Waals surface area contributed by atoms with Crippen molar-refractivity contribution in [3.05, 3.63) is 0 Å². The molecule has 0 aromatic heterocycles. The number of carboxylic acid groups (broad SMARTS) is 1. The Kier molecular flexibility index (Phi) is 13.6. The first-order valence-corrected chi connectivity index (χ1v) is 5.32. The second-order valence-corrected chi connectivity index (χ2v) is 3.98. The molecule has 0 amide bonds. The van der Waals surface area contributed by atoms with Gasteiger partial charge in [0.2, 0.25) is 0 Å². The molecule has 0 saturated heterocycles. The van der Waals surface area contributed by atoms with E-state index in [9.17, 15) is 4.79 Å². The molecule has 0 fully saturated rings. The average molecular weight is 274 g/mol. The maximum atomic E-state index is 10.1. The standard InChI is InChI=1S/C8H16O2S2.Zn/c9-8(10)4-2-1-3-7(12)5-6-11;/h7,11-12H,1-6H2,(H,9,10);. The molecule has 0 aliphatic heterocycles. The van der Waals surface area contributed by atoms with E-state index in [1.165, 1.54) is 0 Å². The van der Waals surface area contributed by atoms with Crippen LogP contribution in [0.3, 0.4) is 0 Å². The predicted molar refractivity (Wildman–Crippen MR) is 57.3 cm³/mol. The van der Waals surface area contributed by atoms with Gasteiger partial charge in [-0.25, -0.2) is 0 Å². The summed E-state index contributed by atoms with van der Waals surface area (Å²) in [6, 6.07) is 0. The quantitative estimate of drug-likeness (QED) is 0.378. The van der Waals surface area contributed by atoms with Gasteiger partial charge in [0.1, 0.15) is 0 Å². The van der Waals surface area contributed by atoms with Crippen LogP contribution >= 0.6 is 25.3 Å². The van der Waals surface area contributed by atoms with Crippen molar-refractivity contribution in [3.8, 4) is 0 Å². The van der Waals surface area contributed by atoms with E-state index in [2.05, 4.69) is 25.3 Å². The van der Waals surface area contributed by atoms with Crippen LogP contribution in [0.15, 0.2) is 0 Å². The zero-order valence-corrected chi connectivity index (χ0v) is 12.5. The van der Waals surface area contributed by atoms with Crippen molar-refractivity contribution >= 4 is 31.2 Å². The third-order valence-electron chi connectivity index (χ3n) is 1.64. The summed E-state index contributed by atoms with van der Waals surface area (Å²) in [6.07, 6.45) is 3.99. The van der Waals surface area contributed by atoms with E-state index >= 15 is 0 Å². The van der Waals surface area contributed by atoms with E-state index in [1.807, 2.05) is 0 Å². The van der Waals surface area contributed by atoms with Crippen LogP contribution in [0.1, 0.15) is 32.1 Å². The van der Waals surface area contributed by atoms with Gasteiger partial charge in [-0.1, -0.05) is 6.42 Å². The van der Waals surface area contributed by atoms with Gasteiger partial charge in [-0.2, -0.15) is 25.3 Å². The molecule has 0 rings (SSSR count). The maximum Gasteiger partial charge on any atom is 0.303 e. The summed E-state index contributed by atoms with van der Waals surface area (Å²) < 4.78 is 0. The molecule has 0 bridgehead atoms. The van der Waals surface area contributed by atoms with Gasteiger partial charge < -0.3 is 5.11 Å². The molecule has 2 nitrogen and oxygen atoms in total. The monoisotopic (exact) mass is 272 g/mol. The summed E-state index contributed by atoms with van der Waals surface area (Å²) in [5, 5.41) is 8.74. The Balaban J connectivity index is 0. The normalized spacial score (nSPS) is 11.8. The van der Waals surface area contributed by atoms with Crippen LogP contribution in [0.5, 0.6) is 0 Å². The van der Waals surface area contributed by atoms with Gasteiger partial charge >= 0.3 is 5.97 Å². The number of carbonyl (C=O) groups is 1. The fourth-order valence-electron chi connectivity index (χ4n) is 0.950. The van der Waals surface area contributed by atoms with Gasteiger partial charge in [-0.3, -0.25) is 4.79 Å². The van der Waals surface area contributed by atoms with Crippen LogP contribution in [0.2, 0.25) is 0 Å². The van der Waals surface area contributed by atoms with Crippen molar-refractivity contribution in [2.24, 2.45) is 0 Å². The van der Waals surface area contributed by atoms with E-state index in [-0.39, 0.29) is 25.9 Å². The SMILES string of the molecule is O=C(O)CCCCC(S)CCS.[Zn]. The van der Waals surface area contributed by atoms with Crippen LogP contribution < -0.4 is 0 Å². The number of unbranched alkanes of at least 4 members (excludes halogenated alkanes) is 1. The Morgan fingerprint density at radius 1 is 1.31 bits per heavy atom. The summed E-state index contributed by atoms with van der Waals surface area (Å²) in [5.41, 5.74) is 0. The van der Waals surface area contributed by atoms with Crippen molar-refractivity contribution in [2.45, 2.75) is 37.4 Å². The zero-order valence-electron chi connectivity index (χ0n) is 7.78. The van der Waals surface area contributed by atoms with E-state index in [0.717, 1.165) is 31.4 Å². The van der Waals surface area contributed by atoms with Gasteiger partial charge in [-0.15, -0.1) is 0 Å². The Morgan fingerprint density at radius 3 is 2.38 bits per heavy atom. The smallest absolute Gasteiger partial charge is 0.303 e. The molecular weight excluding hydrogens is 258 g/mol. The molecule has 0 radical (unpaired) electrons. The van der Waals surface area contributed by atoms with Gasteiger partial charge in [0.05, 0.1) is 0 Å². The van der Waals surface area contributed by atoms with Crippen LogP contribution in [-0.4, -0.2) is 22.1 Å². The van der Waals surface area contributed by atoms with Gasteiger partial charge in [0.25, 0.3) is 0 Å². The van der Waals surface area contributed by atoms with E-state index in [0.29, 0.717) is 5.25 Å². The first-order valence-electron chi connectivity index (χ1n) is 4.17. The summed E-state index contributed by atoms with van der Waals surface area (Å²) in [7, 11) is 0. The Hall–Kier alpha value is 0.793. The molecular formula is C8H16O2S2Zn. The van der Waals surface area contributed by atoms with Crippen LogP contribution in [0.4, 0.5) is 0 Å². The fourth-order valence-corrected chi connectivity index (χ4v) is 1.78. The van der Waals surface area contributed by atoms with Crippen LogP contribution in [-0.2, 0) is 24.3 Å². The number of rotatable bonds is 7. The largest absolute Gasteiger partial charge is 0.481 e. The van der Waals surface area contributed by atoms with Crippen LogP contribution in [0, 0.1) is 0 Å². The Morgan fingerprint density at radius 2 is 1.92 bits per heavy atom. The summed E-state index contributed by atoms with van der Waals surface area (Å²) in [6.45, 7) is 0. The fraction of sp³-hybridized carbons (Fsp3) is 0.875. The molecule has 13 heavy (non-hydrogen) atoms. The molecule has 74 valence electrons. The molecule has 0 spiro atoms. The van der Waals surface area contributed by atoms with Gasteiger partial charge in [0.15, 0.2) is 0 Å². The van der Waals surface area contributed by atoms with Gasteiger partial charge in [0, 0.05) is 31.1 Å². The number of hydrogen-bond donors (Lipinski definition) is 3.